The van der Waals surface area contributed by atoms with Crippen molar-refractivity contribution in [2.45, 2.75) is 0 Å². The third-order valence-corrected chi connectivity index (χ3v) is 2.55. The number of aromatic nitrogens is 2. The molecule has 0 amide bonds. The number of nitriles is 1. The van der Waals surface area contributed by atoms with Gasteiger partial charge in [0.05, 0.1) is 18.2 Å². The van der Waals surface area contributed by atoms with Crippen LogP contribution in [0.5, 0.6) is 5.75 Å². The van der Waals surface area contributed by atoms with Crippen LogP contribution in [0.15, 0.2) is 16.7 Å². The van der Waals surface area contributed by atoms with E-state index < -0.39 is 0 Å². The lowest BCUT2D eigenvalue weighted by Crippen LogP contribution is -1.87. The minimum absolute atomic E-state index is 0.502. The molecule has 0 unspecified atom stereocenters. The highest BCUT2D eigenvalue weighted by Crippen LogP contribution is 2.28. The molecule has 4 nitrogen and oxygen atoms in total. The second-order valence-corrected chi connectivity index (χ2v) is 3.51. The van der Waals surface area contributed by atoms with Crippen LogP contribution in [0.25, 0.3) is 10.9 Å². The Bertz CT molecular complexity index is 527. The molecule has 1 N–H and O–H groups in total. The molecule has 1 heterocycles. The smallest absolute Gasteiger partial charge is 0.138 e. The molecule has 70 valence electrons. The number of H-pyrrole nitrogens is 1. The third-order valence-electron chi connectivity index (χ3n) is 1.95. The van der Waals surface area contributed by atoms with Gasteiger partial charge in [-0.2, -0.15) is 10.4 Å². The molecule has 14 heavy (non-hydrogen) atoms. The first-order valence-electron chi connectivity index (χ1n) is 3.88. The van der Waals surface area contributed by atoms with Crippen LogP contribution in [-0.2, 0) is 0 Å². The molecule has 1 aromatic heterocycles. The normalized spacial score (nSPS) is 10.1. The van der Waals surface area contributed by atoms with Crippen molar-refractivity contribution in [1.29, 1.82) is 5.26 Å². The average molecular weight is 252 g/mol. The summed E-state index contributed by atoms with van der Waals surface area (Å²) in [7, 11) is 1.53. The van der Waals surface area contributed by atoms with Crippen molar-refractivity contribution < 1.29 is 4.74 Å². The van der Waals surface area contributed by atoms with E-state index in [1.807, 2.05) is 0 Å². The SMILES string of the molecule is COc1cc2n[nH]c(Br)c2cc1C#N. The maximum absolute atomic E-state index is 8.86. The minimum Gasteiger partial charge on any atom is -0.495 e. The van der Waals surface area contributed by atoms with Gasteiger partial charge >= 0.3 is 0 Å². The summed E-state index contributed by atoms with van der Waals surface area (Å²) in [6, 6.07) is 5.54. The number of nitrogens with one attached hydrogen (secondary N) is 1. The molecule has 0 radical (unpaired) electrons. The van der Waals surface area contributed by atoms with E-state index in [9.17, 15) is 0 Å². The van der Waals surface area contributed by atoms with Gasteiger partial charge in [-0.25, -0.2) is 0 Å². The number of rotatable bonds is 1. The highest BCUT2D eigenvalue weighted by molar-refractivity contribution is 9.10. The van der Waals surface area contributed by atoms with E-state index >= 15 is 0 Å². The van der Waals surface area contributed by atoms with Crippen molar-refractivity contribution in [2.75, 3.05) is 7.11 Å². The summed E-state index contributed by atoms with van der Waals surface area (Å²) in [5, 5.41) is 16.6. The summed E-state index contributed by atoms with van der Waals surface area (Å²) >= 11 is 3.31. The second-order valence-electron chi connectivity index (χ2n) is 2.72. The van der Waals surface area contributed by atoms with Gasteiger partial charge in [-0.05, 0) is 22.0 Å². The first kappa shape index (κ1) is 9.03. The Morgan fingerprint density at radius 1 is 1.57 bits per heavy atom. The molecule has 1 aromatic carbocycles. The first-order valence-corrected chi connectivity index (χ1v) is 4.67. The van der Waals surface area contributed by atoms with Gasteiger partial charge in [0.1, 0.15) is 16.4 Å². The molecule has 5 heteroatoms. The zero-order valence-corrected chi connectivity index (χ0v) is 8.92. The van der Waals surface area contributed by atoms with Gasteiger partial charge in [-0.1, -0.05) is 0 Å². The predicted octanol–water partition coefficient (Wildman–Crippen LogP) is 2.21. The quantitative estimate of drug-likeness (QED) is 0.846. The summed E-state index contributed by atoms with van der Waals surface area (Å²) < 4.78 is 5.83. The third kappa shape index (κ3) is 1.24. The van der Waals surface area contributed by atoms with Crippen LogP contribution in [0.1, 0.15) is 5.56 Å². The number of ether oxygens (including phenoxy) is 1. The second kappa shape index (κ2) is 3.31. The zero-order chi connectivity index (χ0) is 10.1. The lowest BCUT2D eigenvalue weighted by molar-refractivity contribution is 0.414. The number of benzene rings is 1. The molecule has 2 rings (SSSR count). The lowest BCUT2D eigenvalue weighted by Gasteiger charge is -2.01. The van der Waals surface area contributed by atoms with Gasteiger partial charge in [0.25, 0.3) is 0 Å². The van der Waals surface area contributed by atoms with Crippen molar-refractivity contribution in [2.24, 2.45) is 0 Å². The van der Waals surface area contributed by atoms with Crippen LogP contribution >= 0.6 is 15.9 Å². The van der Waals surface area contributed by atoms with Gasteiger partial charge in [0.2, 0.25) is 0 Å². The van der Waals surface area contributed by atoms with Crippen molar-refractivity contribution in [3.8, 4) is 11.8 Å². The number of fused-ring (bicyclic) bond motifs is 1. The van der Waals surface area contributed by atoms with Gasteiger partial charge in [0.15, 0.2) is 0 Å². The Morgan fingerprint density at radius 3 is 3.00 bits per heavy atom. The maximum Gasteiger partial charge on any atom is 0.138 e. The van der Waals surface area contributed by atoms with E-state index in [1.54, 1.807) is 12.1 Å². The fourth-order valence-corrected chi connectivity index (χ4v) is 1.67. The van der Waals surface area contributed by atoms with E-state index in [0.717, 1.165) is 15.5 Å². The molecule has 0 atom stereocenters. The van der Waals surface area contributed by atoms with Crippen molar-refractivity contribution in [3.63, 3.8) is 0 Å². The van der Waals surface area contributed by atoms with E-state index in [0.29, 0.717) is 11.3 Å². The lowest BCUT2D eigenvalue weighted by atomic mass is 10.1. The molecule has 0 fully saturated rings. The number of nitrogens with zero attached hydrogens (tertiary/aromatic N) is 2. The summed E-state index contributed by atoms with van der Waals surface area (Å²) in [5.74, 6) is 0.541. The standard InChI is InChI=1S/C9H6BrN3O/c1-14-8-3-7-6(2-5(8)4-11)9(10)13-12-7/h2-3H,1H3,(H,12,13). The van der Waals surface area contributed by atoms with E-state index in [4.69, 9.17) is 10.00 Å². The molecule has 0 saturated heterocycles. The number of methoxy groups -OCH3 is 1. The van der Waals surface area contributed by atoms with Crippen LogP contribution in [0.3, 0.4) is 0 Å². The van der Waals surface area contributed by atoms with Gasteiger partial charge in [-0.15, -0.1) is 0 Å². The number of hydrogen-bond acceptors (Lipinski definition) is 3. The molecule has 0 saturated carbocycles. The molecule has 2 aromatic rings. The molecule has 0 bridgehead atoms. The van der Waals surface area contributed by atoms with E-state index in [1.165, 1.54) is 7.11 Å². The van der Waals surface area contributed by atoms with Crippen LogP contribution in [0.2, 0.25) is 0 Å². The number of halogens is 1. The fraction of sp³-hybridized carbons (Fsp3) is 0.111. The number of aromatic amines is 1. The Kier molecular flexibility index (Phi) is 2.14. The molecule has 0 aliphatic heterocycles. The van der Waals surface area contributed by atoms with Crippen molar-refractivity contribution >= 4 is 26.8 Å². The molecule has 0 aliphatic rings. The first-order chi connectivity index (χ1) is 6.76. The summed E-state index contributed by atoms with van der Waals surface area (Å²) in [4.78, 5) is 0. The highest BCUT2D eigenvalue weighted by atomic mass is 79.9. The summed E-state index contributed by atoms with van der Waals surface area (Å²) in [6.07, 6.45) is 0. The van der Waals surface area contributed by atoms with Crippen LogP contribution < -0.4 is 4.74 Å². The summed E-state index contributed by atoms with van der Waals surface area (Å²) in [6.45, 7) is 0. The fourth-order valence-electron chi connectivity index (χ4n) is 1.26. The van der Waals surface area contributed by atoms with Crippen molar-refractivity contribution in [1.82, 2.24) is 10.2 Å². The van der Waals surface area contributed by atoms with Gasteiger partial charge in [-0.3, -0.25) is 5.10 Å². The van der Waals surface area contributed by atoms with E-state index in [2.05, 4.69) is 32.2 Å². The Labute approximate surface area is 88.6 Å². The van der Waals surface area contributed by atoms with E-state index in [-0.39, 0.29) is 0 Å². The molecular weight excluding hydrogens is 246 g/mol. The maximum atomic E-state index is 8.86. The number of hydrogen-bond donors (Lipinski definition) is 1. The highest BCUT2D eigenvalue weighted by Gasteiger charge is 2.09. The van der Waals surface area contributed by atoms with Gasteiger partial charge in [0, 0.05) is 11.5 Å². The minimum atomic E-state index is 0.502. The predicted molar refractivity (Wildman–Crippen MR) is 55.1 cm³/mol. The van der Waals surface area contributed by atoms with Crippen LogP contribution in [0, 0.1) is 11.3 Å². The monoisotopic (exact) mass is 251 g/mol. The average Bonchev–Trinajstić information content (AvgIpc) is 2.58. The Hall–Kier alpha value is -1.54. The van der Waals surface area contributed by atoms with Crippen molar-refractivity contribution in [3.05, 3.63) is 22.3 Å². The molecule has 0 spiro atoms. The van der Waals surface area contributed by atoms with Crippen LogP contribution in [0.4, 0.5) is 0 Å². The topological polar surface area (TPSA) is 61.7 Å². The summed E-state index contributed by atoms with van der Waals surface area (Å²) in [5.41, 5.74) is 1.27. The Morgan fingerprint density at radius 2 is 2.36 bits per heavy atom. The largest absolute Gasteiger partial charge is 0.495 e. The molecular formula is C9H6BrN3O. The van der Waals surface area contributed by atoms with Gasteiger partial charge < -0.3 is 4.74 Å². The zero-order valence-electron chi connectivity index (χ0n) is 7.34. The van der Waals surface area contributed by atoms with Crippen LogP contribution in [-0.4, -0.2) is 17.3 Å². The Balaban J connectivity index is 2.79. The molecule has 0 aliphatic carbocycles.